The molecule has 0 aliphatic heterocycles. The largest absolute Gasteiger partial charge is 0.382 e. The van der Waals surface area contributed by atoms with Crippen LogP contribution in [0.4, 0.5) is 10.9 Å². The van der Waals surface area contributed by atoms with E-state index in [1.807, 2.05) is 18.9 Å². The molecule has 0 bridgehead atoms. The number of amides is 1. The number of nitrogens with two attached hydrogens (primary N) is 1. The van der Waals surface area contributed by atoms with E-state index in [9.17, 15) is 4.79 Å². The zero-order chi connectivity index (χ0) is 15.2. The lowest BCUT2D eigenvalue weighted by Gasteiger charge is -2.10. The first-order valence-corrected chi connectivity index (χ1v) is 7.53. The summed E-state index contributed by atoms with van der Waals surface area (Å²) in [6, 6.07) is 0. The average molecular weight is 309 g/mol. The van der Waals surface area contributed by atoms with Gasteiger partial charge in [-0.1, -0.05) is 16.6 Å². The molecule has 21 heavy (non-hydrogen) atoms. The number of carbonyl (C=O) groups is 1. The number of anilines is 2. The van der Waals surface area contributed by atoms with Crippen LogP contribution in [0.2, 0.25) is 0 Å². The van der Waals surface area contributed by atoms with E-state index in [1.165, 1.54) is 11.3 Å². The summed E-state index contributed by atoms with van der Waals surface area (Å²) >= 11 is 1.31. The molecule has 0 unspecified atom stereocenters. The van der Waals surface area contributed by atoms with E-state index >= 15 is 0 Å². The van der Waals surface area contributed by atoms with Crippen molar-refractivity contribution in [1.82, 2.24) is 25.3 Å². The second-order valence-corrected chi connectivity index (χ2v) is 5.48. The van der Waals surface area contributed by atoms with Crippen molar-refractivity contribution >= 4 is 28.2 Å². The van der Waals surface area contributed by atoms with E-state index in [-0.39, 0.29) is 11.7 Å². The van der Waals surface area contributed by atoms with E-state index in [0.29, 0.717) is 18.0 Å². The lowest BCUT2D eigenvalue weighted by atomic mass is 10.4. The Labute approximate surface area is 127 Å². The van der Waals surface area contributed by atoms with E-state index in [2.05, 4.69) is 20.6 Å². The van der Waals surface area contributed by atoms with Gasteiger partial charge >= 0.3 is 0 Å². The number of hydrogen-bond acceptors (Lipinski definition) is 7. The minimum absolute atomic E-state index is 0.181. The van der Waals surface area contributed by atoms with Crippen LogP contribution in [0.25, 0.3) is 0 Å². The van der Waals surface area contributed by atoms with Gasteiger partial charge in [0, 0.05) is 32.9 Å². The zero-order valence-corrected chi connectivity index (χ0v) is 12.9. The van der Waals surface area contributed by atoms with Crippen LogP contribution in [0.5, 0.6) is 0 Å². The quantitative estimate of drug-likeness (QED) is 0.726. The predicted molar refractivity (Wildman–Crippen MR) is 82.4 cm³/mol. The number of aryl methyl sites for hydroxylation is 1. The summed E-state index contributed by atoms with van der Waals surface area (Å²) in [6.45, 7) is 4.09. The van der Waals surface area contributed by atoms with Crippen molar-refractivity contribution in [2.75, 3.05) is 30.8 Å². The lowest BCUT2D eigenvalue weighted by Crippen LogP contribution is -2.25. The van der Waals surface area contributed by atoms with Gasteiger partial charge in [0.15, 0.2) is 5.13 Å². The molecule has 1 amide bonds. The van der Waals surface area contributed by atoms with Gasteiger partial charge in [0.2, 0.25) is 0 Å². The second kappa shape index (κ2) is 7.02. The van der Waals surface area contributed by atoms with Crippen molar-refractivity contribution in [3.63, 3.8) is 0 Å². The molecule has 0 atom stereocenters. The highest BCUT2D eigenvalue weighted by Gasteiger charge is 2.17. The van der Waals surface area contributed by atoms with Crippen molar-refractivity contribution in [2.45, 2.75) is 19.9 Å². The standard InChI is InChI=1S/C12H19N7OS/c1-3-18(2)12-16-10(13)9(21-12)11(20)14-5-4-7-19-8-6-15-17-19/h6,8H,3-5,7,13H2,1-2H3,(H,14,20). The van der Waals surface area contributed by atoms with E-state index in [4.69, 9.17) is 5.73 Å². The molecule has 2 aromatic rings. The summed E-state index contributed by atoms with van der Waals surface area (Å²) in [7, 11) is 1.91. The van der Waals surface area contributed by atoms with Crippen LogP contribution in [-0.2, 0) is 6.54 Å². The number of hydrogen-bond donors (Lipinski definition) is 2. The summed E-state index contributed by atoms with van der Waals surface area (Å²) in [4.78, 5) is 18.7. The fourth-order valence-corrected chi connectivity index (χ4v) is 2.58. The molecule has 2 rings (SSSR count). The Hall–Kier alpha value is -2.16. The third kappa shape index (κ3) is 3.91. The Morgan fingerprint density at radius 3 is 3.05 bits per heavy atom. The Morgan fingerprint density at radius 1 is 1.57 bits per heavy atom. The van der Waals surface area contributed by atoms with Crippen LogP contribution in [0.15, 0.2) is 12.4 Å². The van der Waals surface area contributed by atoms with Crippen LogP contribution in [0, 0.1) is 0 Å². The minimum atomic E-state index is -0.181. The number of aromatic nitrogens is 4. The van der Waals surface area contributed by atoms with Crippen molar-refractivity contribution < 1.29 is 4.79 Å². The van der Waals surface area contributed by atoms with Gasteiger partial charge < -0.3 is 16.0 Å². The number of thiazole rings is 1. The molecular formula is C12H19N7OS. The summed E-state index contributed by atoms with van der Waals surface area (Å²) in [5.74, 6) is 0.100. The fraction of sp³-hybridized carbons (Fsp3) is 0.500. The molecule has 2 heterocycles. The van der Waals surface area contributed by atoms with Gasteiger partial charge in [-0.25, -0.2) is 4.98 Å². The highest BCUT2D eigenvalue weighted by atomic mass is 32.1. The molecular weight excluding hydrogens is 290 g/mol. The normalized spacial score (nSPS) is 10.6. The molecule has 0 radical (unpaired) electrons. The van der Waals surface area contributed by atoms with Gasteiger partial charge in [-0.15, -0.1) is 5.10 Å². The number of carbonyl (C=O) groups excluding carboxylic acids is 1. The average Bonchev–Trinajstić information content (AvgIpc) is 3.12. The highest BCUT2D eigenvalue weighted by molar-refractivity contribution is 7.18. The third-order valence-corrected chi connectivity index (χ3v) is 4.15. The molecule has 0 saturated carbocycles. The third-order valence-electron chi connectivity index (χ3n) is 2.97. The summed E-state index contributed by atoms with van der Waals surface area (Å²) in [5, 5.41) is 11.2. The summed E-state index contributed by atoms with van der Waals surface area (Å²) < 4.78 is 1.72. The number of nitrogens with zero attached hydrogens (tertiary/aromatic N) is 5. The van der Waals surface area contributed by atoms with Crippen molar-refractivity contribution in [3.8, 4) is 0 Å². The molecule has 0 aliphatic carbocycles. The maximum absolute atomic E-state index is 12.1. The Balaban J connectivity index is 1.84. The van der Waals surface area contributed by atoms with Crippen molar-refractivity contribution in [3.05, 3.63) is 17.3 Å². The monoisotopic (exact) mass is 309 g/mol. The van der Waals surface area contributed by atoms with Gasteiger partial charge in [-0.3, -0.25) is 9.48 Å². The molecule has 3 N–H and O–H groups in total. The van der Waals surface area contributed by atoms with E-state index in [0.717, 1.165) is 18.1 Å². The second-order valence-electron chi connectivity index (χ2n) is 4.50. The molecule has 2 aromatic heterocycles. The topological polar surface area (TPSA) is 102 Å². The minimum Gasteiger partial charge on any atom is -0.382 e. The van der Waals surface area contributed by atoms with Gasteiger partial charge in [-0.05, 0) is 13.3 Å². The Kier molecular flexibility index (Phi) is 5.09. The molecule has 9 heteroatoms. The van der Waals surface area contributed by atoms with Gasteiger partial charge in [0.05, 0.1) is 6.20 Å². The van der Waals surface area contributed by atoms with Crippen LogP contribution in [-0.4, -0.2) is 46.0 Å². The number of nitrogen functional groups attached to an aromatic ring is 1. The number of rotatable bonds is 7. The Bertz CT molecular complexity index is 580. The first-order valence-electron chi connectivity index (χ1n) is 6.71. The van der Waals surface area contributed by atoms with Crippen LogP contribution < -0.4 is 16.0 Å². The predicted octanol–water partition coefficient (Wildman–Crippen LogP) is 0.593. The maximum atomic E-state index is 12.1. The van der Waals surface area contributed by atoms with Crippen LogP contribution in [0.1, 0.15) is 23.0 Å². The molecule has 0 spiro atoms. The van der Waals surface area contributed by atoms with Crippen LogP contribution in [0.3, 0.4) is 0 Å². The van der Waals surface area contributed by atoms with E-state index in [1.54, 1.807) is 17.1 Å². The van der Waals surface area contributed by atoms with E-state index < -0.39 is 0 Å². The first-order chi connectivity index (χ1) is 10.1. The highest BCUT2D eigenvalue weighted by Crippen LogP contribution is 2.27. The van der Waals surface area contributed by atoms with Crippen molar-refractivity contribution in [2.24, 2.45) is 0 Å². The molecule has 114 valence electrons. The molecule has 0 fully saturated rings. The number of nitrogens with one attached hydrogen (secondary N) is 1. The molecule has 0 saturated heterocycles. The maximum Gasteiger partial charge on any atom is 0.265 e. The molecule has 8 nitrogen and oxygen atoms in total. The lowest BCUT2D eigenvalue weighted by molar-refractivity contribution is 0.0957. The molecule has 0 aromatic carbocycles. The molecule has 0 aliphatic rings. The Morgan fingerprint density at radius 2 is 2.38 bits per heavy atom. The van der Waals surface area contributed by atoms with Gasteiger partial charge in [-0.2, -0.15) is 0 Å². The van der Waals surface area contributed by atoms with Gasteiger partial charge in [0.25, 0.3) is 5.91 Å². The van der Waals surface area contributed by atoms with Crippen molar-refractivity contribution in [1.29, 1.82) is 0 Å². The summed E-state index contributed by atoms with van der Waals surface area (Å²) in [6.07, 6.45) is 4.19. The van der Waals surface area contributed by atoms with Crippen LogP contribution >= 0.6 is 11.3 Å². The smallest absolute Gasteiger partial charge is 0.265 e. The fourth-order valence-electron chi connectivity index (χ4n) is 1.66. The zero-order valence-electron chi connectivity index (χ0n) is 12.1. The van der Waals surface area contributed by atoms with Gasteiger partial charge in [0.1, 0.15) is 10.7 Å². The summed E-state index contributed by atoms with van der Waals surface area (Å²) in [5.41, 5.74) is 5.81. The SMILES string of the molecule is CCN(C)c1nc(N)c(C(=O)NCCCn2ccnn2)s1. The first kappa shape index (κ1) is 15.2.